The van der Waals surface area contributed by atoms with E-state index in [0.29, 0.717) is 19.0 Å². The van der Waals surface area contributed by atoms with Gasteiger partial charge >= 0.3 is 0 Å². The Labute approximate surface area is 183 Å². The highest BCUT2D eigenvalue weighted by Gasteiger charge is 2.22. The molecule has 3 heterocycles. The van der Waals surface area contributed by atoms with Gasteiger partial charge in [-0.15, -0.1) is 0 Å². The first-order valence-electron chi connectivity index (χ1n) is 11.0. The van der Waals surface area contributed by atoms with Crippen LogP contribution in [0.2, 0.25) is 0 Å². The number of rotatable bonds is 5. The first kappa shape index (κ1) is 21.1. The van der Waals surface area contributed by atoms with Crippen LogP contribution in [0.1, 0.15) is 49.5 Å². The summed E-state index contributed by atoms with van der Waals surface area (Å²) in [6.45, 7) is 11.2. The van der Waals surface area contributed by atoms with Crippen molar-refractivity contribution in [3.63, 3.8) is 0 Å². The molecule has 31 heavy (non-hydrogen) atoms. The molecule has 0 saturated carbocycles. The maximum Gasteiger partial charge on any atom is 0.246 e. The number of carbonyl (C=O) groups excluding carboxylic acids is 1. The number of carbonyl (C=O) groups is 1. The molecule has 1 amide bonds. The Morgan fingerprint density at radius 2 is 1.90 bits per heavy atom. The summed E-state index contributed by atoms with van der Waals surface area (Å²) >= 11 is 0. The molecule has 0 radical (unpaired) electrons. The third-order valence-corrected chi connectivity index (χ3v) is 5.71. The van der Waals surface area contributed by atoms with Gasteiger partial charge in [-0.05, 0) is 19.1 Å². The van der Waals surface area contributed by atoms with Crippen molar-refractivity contribution in [1.29, 1.82) is 0 Å². The van der Waals surface area contributed by atoms with Crippen molar-refractivity contribution in [1.82, 2.24) is 14.9 Å². The van der Waals surface area contributed by atoms with Gasteiger partial charge in [0.25, 0.3) is 0 Å². The summed E-state index contributed by atoms with van der Waals surface area (Å²) < 4.78 is 5.93. The average molecular weight is 419 g/mol. The fraction of sp³-hybridized carbons (Fsp3) is 0.400. The van der Waals surface area contributed by atoms with Gasteiger partial charge in [-0.1, -0.05) is 39.0 Å². The SMILES string of the molecule is CCc1oc2ccccc2c1/C=C/C(=O)N1CCN(c2cc(C)nc(C(C)C)n2)CC1. The minimum absolute atomic E-state index is 0.0359. The van der Waals surface area contributed by atoms with Crippen LogP contribution < -0.4 is 4.90 Å². The smallest absolute Gasteiger partial charge is 0.246 e. The molecule has 1 fully saturated rings. The normalized spacial score (nSPS) is 14.9. The van der Waals surface area contributed by atoms with Gasteiger partial charge < -0.3 is 14.2 Å². The lowest BCUT2D eigenvalue weighted by Gasteiger charge is -2.35. The Morgan fingerprint density at radius 3 is 2.61 bits per heavy atom. The summed E-state index contributed by atoms with van der Waals surface area (Å²) in [4.78, 5) is 26.2. The molecule has 0 spiro atoms. The van der Waals surface area contributed by atoms with E-state index in [-0.39, 0.29) is 5.91 Å². The molecule has 0 unspecified atom stereocenters. The molecule has 6 heteroatoms. The van der Waals surface area contributed by atoms with E-state index >= 15 is 0 Å². The number of hydrogen-bond donors (Lipinski definition) is 0. The van der Waals surface area contributed by atoms with Crippen LogP contribution in [0.4, 0.5) is 5.82 Å². The number of aromatic nitrogens is 2. The van der Waals surface area contributed by atoms with Gasteiger partial charge in [0.1, 0.15) is 23.0 Å². The van der Waals surface area contributed by atoms with Gasteiger partial charge in [0.15, 0.2) is 0 Å². The summed E-state index contributed by atoms with van der Waals surface area (Å²) in [7, 11) is 0. The Balaban J connectivity index is 1.44. The van der Waals surface area contributed by atoms with E-state index in [1.54, 1.807) is 6.08 Å². The molecule has 0 aliphatic carbocycles. The van der Waals surface area contributed by atoms with Gasteiger partial charge in [-0.25, -0.2) is 9.97 Å². The van der Waals surface area contributed by atoms with Crippen LogP contribution in [-0.4, -0.2) is 47.0 Å². The maximum atomic E-state index is 12.8. The number of para-hydroxylation sites is 1. The third kappa shape index (κ3) is 4.48. The molecule has 1 aliphatic heterocycles. The van der Waals surface area contributed by atoms with Crippen LogP contribution in [0.3, 0.4) is 0 Å². The third-order valence-electron chi connectivity index (χ3n) is 5.71. The summed E-state index contributed by atoms with van der Waals surface area (Å²) in [6, 6.07) is 9.99. The number of anilines is 1. The molecule has 1 saturated heterocycles. The zero-order valence-electron chi connectivity index (χ0n) is 18.8. The molecular formula is C25H30N4O2. The number of hydrogen-bond acceptors (Lipinski definition) is 5. The highest BCUT2D eigenvalue weighted by atomic mass is 16.3. The van der Waals surface area contributed by atoms with E-state index in [9.17, 15) is 4.79 Å². The van der Waals surface area contributed by atoms with E-state index < -0.39 is 0 Å². The van der Waals surface area contributed by atoms with E-state index in [2.05, 4.69) is 30.7 Å². The lowest BCUT2D eigenvalue weighted by molar-refractivity contribution is -0.126. The number of benzene rings is 1. The topological polar surface area (TPSA) is 62.5 Å². The molecule has 6 nitrogen and oxygen atoms in total. The molecule has 4 rings (SSSR count). The molecule has 0 bridgehead atoms. The van der Waals surface area contributed by atoms with E-state index in [0.717, 1.165) is 59.1 Å². The Bertz CT molecular complexity index is 1110. The van der Waals surface area contributed by atoms with Crippen LogP contribution in [0, 0.1) is 6.92 Å². The van der Waals surface area contributed by atoms with Gasteiger partial charge in [-0.3, -0.25) is 4.79 Å². The molecule has 3 aromatic rings. The second-order valence-electron chi connectivity index (χ2n) is 8.31. The molecule has 162 valence electrons. The minimum Gasteiger partial charge on any atom is -0.460 e. The quantitative estimate of drug-likeness (QED) is 0.568. The van der Waals surface area contributed by atoms with Crippen molar-refractivity contribution in [3.05, 3.63) is 59.2 Å². The number of furan rings is 1. The summed E-state index contributed by atoms with van der Waals surface area (Å²) in [5.41, 5.74) is 2.85. The lowest BCUT2D eigenvalue weighted by atomic mass is 10.1. The first-order chi connectivity index (χ1) is 15.0. The number of fused-ring (bicyclic) bond motifs is 1. The van der Waals surface area contributed by atoms with Gasteiger partial charge in [0, 0.05) is 67.3 Å². The average Bonchev–Trinajstić information content (AvgIpc) is 3.14. The molecule has 0 atom stereocenters. The van der Waals surface area contributed by atoms with Crippen LogP contribution in [0.5, 0.6) is 0 Å². The predicted molar refractivity (Wildman–Crippen MR) is 124 cm³/mol. The Hall–Kier alpha value is -3.15. The van der Waals surface area contributed by atoms with Crippen molar-refractivity contribution >= 4 is 28.8 Å². The van der Waals surface area contributed by atoms with Gasteiger partial charge in [0.05, 0.1) is 0 Å². The molecule has 0 N–H and O–H groups in total. The van der Waals surface area contributed by atoms with Crippen molar-refractivity contribution in [2.45, 2.75) is 40.0 Å². The van der Waals surface area contributed by atoms with Crippen LogP contribution in [0.25, 0.3) is 17.0 Å². The second-order valence-corrected chi connectivity index (χ2v) is 8.31. The number of aryl methyl sites for hydroxylation is 2. The summed E-state index contributed by atoms with van der Waals surface area (Å²) in [5.74, 6) is 3.06. The highest BCUT2D eigenvalue weighted by Crippen LogP contribution is 2.27. The van der Waals surface area contributed by atoms with E-state index in [1.165, 1.54) is 0 Å². The van der Waals surface area contributed by atoms with Gasteiger partial charge in [-0.2, -0.15) is 0 Å². The lowest BCUT2D eigenvalue weighted by Crippen LogP contribution is -2.48. The van der Waals surface area contributed by atoms with E-state index in [4.69, 9.17) is 9.40 Å². The molecule has 1 aliphatic rings. The highest BCUT2D eigenvalue weighted by molar-refractivity contribution is 5.96. The van der Waals surface area contributed by atoms with Crippen molar-refractivity contribution < 1.29 is 9.21 Å². The van der Waals surface area contributed by atoms with Crippen molar-refractivity contribution in [3.8, 4) is 0 Å². The summed E-state index contributed by atoms with van der Waals surface area (Å²) in [6.07, 6.45) is 4.37. The van der Waals surface area contributed by atoms with Crippen LogP contribution >= 0.6 is 0 Å². The maximum absolute atomic E-state index is 12.8. The molecule has 2 aromatic heterocycles. The van der Waals surface area contributed by atoms with E-state index in [1.807, 2.05) is 48.2 Å². The largest absolute Gasteiger partial charge is 0.460 e. The molecule has 1 aromatic carbocycles. The van der Waals surface area contributed by atoms with Crippen molar-refractivity contribution in [2.75, 3.05) is 31.1 Å². The number of piperazine rings is 1. The van der Waals surface area contributed by atoms with Crippen LogP contribution in [0.15, 0.2) is 40.8 Å². The predicted octanol–water partition coefficient (Wildman–Crippen LogP) is 4.58. The zero-order valence-corrected chi connectivity index (χ0v) is 18.8. The fourth-order valence-electron chi connectivity index (χ4n) is 3.97. The fourth-order valence-corrected chi connectivity index (χ4v) is 3.97. The summed E-state index contributed by atoms with van der Waals surface area (Å²) in [5, 5.41) is 1.05. The zero-order chi connectivity index (χ0) is 22.0. The second kappa shape index (κ2) is 8.92. The Kier molecular flexibility index (Phi) is 6.07. The van der Waals surface area contributed by atoms with Crippen LogP contribution in [-0.2, 0) is 11.2 Å². The number of nitrogens with zero attached hydrogens (tertiary/aromatic N) is 4. The first-order valence-corrected chi connectivity index (χ1v) is 11.0. The van der Waals surface area contributed by atoms with Gasteiger partial charge in [0.2, 0.25) is 5.91 Å². The minimum atomic E-state index is 0.0359. The monoisotopic (exact) mass is 418 g/mol. The Morgan fingerprint density at radius 1 is 1.16 bits per heavy atom. The molecular weight excluding hydrogens is 388 g/mol. The number of amides is 1. The standard InChI is InChI=1S/C25H30N4O2/c1-5-21-20(19-8-6-7-9-22(19)31-21)10-11-24(30)29-14-12-28(13-15-29)23-16-18(4)26-25(27-23)17(2)3/h6-11,16-17H,5,12-15H2,1-4H3/b11-10+. The van der Waals surface area contributed by atoms with Crippen molar-refractivity contribution in [2.24, 2.45) is 0 Å².